The summed E-state index contributed by atoms with van der Waals surface area (Å²) in [4.78, 5) is 13.7. The summed E-state index contributed by atoms with van der Waals surface area (Å²) >= 11 is 0. The third-order valence-electron chi connectivity index (χ3n) is 4.44. The van der Waals surface area contributed by atoms with Gasteiger partial charge in [0.05, 0.1) is 12.2 Å². The average Bonchev–Trinajstić information content (AvgIpc) is 2.57. The minimum absolute atomic E-state index is 0.0608. The number of β-amino-alcohol motifs (C(OH)–C–C–N with tert-alkyl or cyclic N) is 1. The molecule has 1 heterocycles. The minimum atomic E-state index is -0.412. The highest BCUT2D eigenvalue weighted by Crippen LogP contribution is 2.17. The summed E-state index contributed by atoms with van der Waals surface area (Å²) in [6.45, 7) is 6.38. The zero-order valence-electron chi connectivity index (χ0n) is 14.1. The first-order valence-corrected chi connectivity index (χ1v) is 8.45. The van der Waals surface area contributed by atoms with Crippen LogP contribution in [0, 0.1) is 5.92 Å². The van der Waals surface area contributed by atoms with Gasteiger partial charge >= 0.3 is 6.03 Å². The highest BCUT2D eigenvalue weighted by atomic mass is 16.5. The number of urea groups is 1. The van der Waals surface area contributed by atoms with Crippen LogP contribution in [0.15, 0.2) is 30.3 Å². The van der Waals surface area contributed by atoms with Gasteiger partial charge in [0.1, 0.15) is 0 Å². The van der Waals surface area contributed by atoms with Crippen molar-refractivity contribution >= 4 is 6.03 Å². The zero-order valence-corrected chi connectivity index (χ0v) is 14.1. The fraction of sp³-hybridized carbons (Fsp3) is 0.611. The van der Waals surface area contributed by atoms with Gasteiger partial charge in [-0.05, 0) is 31.2 Å². The third-order valence-corrected chi connectivity index (χ3v) is 4.44. The van der Waals surface area contributed by atoms with Crippen LogP contribution in [0.25, 0.3) is 0 Å². The van der Waals surface area contributed by atoms with Gasteiger partial charge in [-0.3, -0.25) is 0 Å². The summed E-state index contributed by atoms with van der Waals surface area (Å²) in [6.07, 6.45) is 1.28. The SMILES string of the molecule is CC(OCCCNC(=O)N1CCC(C)C(O)C1)c1ccccc1. The van der Waals surface area contributed by atoms with Crippen LogP contribution in [-0.2, 0) is 4.74 Å². The van der Waals surface area contributed by atoms with Gasteiger partial charge in [0.15, 0.2) is 0 Å². The van der Waals surface area contributed by atoms with Gasteiger partial charge in [0.25, 0.3) is 0 Å². The van der Waals surface area contributed by atoms with Gasteiger partial charge < -0.3 is 20.1 Å². The molecule has 1 aliphatic heterocycles. The molecule has 2 rings (SSSR count). The first kappa shape index (κ1) is 17.8. The number of likely N-dealkylation sites (tertiary alicyclic amines) is 1. The van der Waals surface area contributed by atoms with Crippen molar-refractivity contribution in [3.8, 4) is 0 Å². The lowest BCUT2D eigenvalue weighted by Gasteiger charge is -2.34. The number of amides is 2. The van der Waals surface area contributed by atoms with E-state index in [0.29, 0.717) is 26.2 Å². The molecular formula is C18H28N2O3. The number of aliphatic hydroxyl groups is 1. The Labute approximate surface area is 138 Å². The highest BCUT2D eigenvalue weighted by molar-refractivity contribution is 5.74. The predicted octanol–water partition coefficient (Wildman–Crippen LogP) is 2.57. The maximum atomic E-state index is 12.0. The van der Waals surface area contributed by atoms with Crippen LogP contribution in [0.1, 0.15) is 38.4 Å². The van der Waals surface area contributed by atoms with Gasteiger partial charge in [-0.2, -0.15) is 0 Å². The van der Waals surface area contributed by atoms with E-state index < -0.39 is 6.10 Å². The first-order chi connectivity index (χ1) is 11.1. The second kappa shape index (κ2) is 8.89. The van der Waals surface area contributed by atoms with E-state index in [0.717, 1.165) is 18.4 Å². The highest BCUT2D eigenvalue weighted by Gasteiger charge is 2.26. The quantitative estimate of drug-likeness (QED) is 0.792. The lowest BCUT2D eigenvalue weighted by Crippen LogP contribution is -2.49. The molecular weight excluding hydrogens is 292 g/mol. The second-order valence-electron chi connectivity index (χ2n) is 6.29. The van der Waals surface area contributed by atoms with Crippen LogP contribution in [0.4, 0.5) is 4.79 Å². The number of benzene rings is 1. The van der Waals surface area contributed by atoms with Crippen LogP contribution in [-0.4, -0.2) is 48.4 Å². The molecule has 23 heavy (non-hydrogen) atoms. The third kappa shape index (κ3) is 5.52. The maximum absolute atomic E-state index is 12.0. The molecule has 2 amide bonds. The van der Waals surface area contributed by atoms with Crippen molar-refractivity contribution in [2.45, 2.75) is 38.9 Å². The lowest BCUT2D eigenvalue weighted by atomic mass is 9.96. The Morgan fingerprint density at radius 2 is 2.17 bits per heavy atom. The smallest absolute Gasteiger partial charge is 0.317 e. The van der Waals surface area contributed by atoms with E-state index in [1.54, 1.807) is 4.90 Å². The van der Waals surface area contributed by atoms with Crippen LogP contribution >= 0.6 is 0 Å². The van der Waals surface area contributed by atoms with Crippen molar-refractivity contribution in [3.63, 3.8) is 0 Å². The fourth-order valence-corrected chi connectivity index (χ4v) is 2.69. The van der Waals surface area contributed by atoms with Crippen molar-refractivity contribution in [1.82, 2.24) is 10.2 Å². The van der Waals surface area contributed by atoms with Crippen LogP contribution in [0.3, 0.4) is 0 Å². The van der Waals surface area contributed by atoms with E-state index in [-0.39, 0.29) is 18.1 Å². The van der Waals surface area contributed by atoms with Crippen molar-refractivity contribution in [2.75, 3.05) is 26.2 Å². The van der Waals surface area contributed by atoms with Gasteiger partial charge in [-0.1, -0.05) is 37.3 Å². The molecule has 5 nitrogen and oxygen atoms in total. The molecule has 3 atom stereocenters. The summed E-state index contributed by atoms with van der Waals surface area (Å²) in [6, 6.07) is 10.0. The summed E-state index contributed by atoms with van der Waals surface area (Å²) in [5.41, 5.74) is 1.16. The van der Waals surface area contributed by atoms with Gasteiger partial charge in [-0.15, -0.1) is 0 Å². The van der Waals surface area contributed by atoms with Crippen LogP contribution in [0.5, 0.6) is 0 Å². The van der Waals surface area contributed by atoms with E-state index >= 15 is 0 Å². The first-order valence-electron chi connectivity index (χ1n) is 8.45. The molecule has 0 radical (unpaired) electrons. The largest absolute Gasteiger partial charge is 0.391 e. The van der Waals surface area contributed by atoms with Crippen molar-refractivity contribution in [1.29, 1.82) is 0 Å². The Kier molecular flexibility index (Phi) is 6.86. The van der Waals surface area contributed by atoms with Crippen LogP contribution in [0.2, 0.25) is 0 Å². The number of carbonyl (C=O) groups is 1. The number of rotatable bonds is 6. The van der Waals surface area contributed by atoms with E-state index in [4.69, 9.17) is 4.74 Å². The standard InChI is InChI=1S/C18H28N2O3/c1-14-9-11-20(13-17(14)21)18(22)19-10-6-12-23-15(2)16-7-4-3-5-8-16/h3-5,7-8,14-15,17,21H,6,9-13H2,1-2H3,(H,19,22). The van der Waals surface area contributed by atoms with E-state index in [1.165, 1.54) is 0 Å². The molecule has 0 bridgehead atoms. The average molecular weight is 320 g/mol. The molecule has 1 saturated heterocycles. The Hall–Kier alpha value is -1.59. The molecule has 128 valence electrons. The van der Waals surface area contributed by atoms with Crippen molar-refractivity contribution < 1.29 is 14.6 Å². The number of nitrogens with one attached hydrogen (secondary N) is 1. The topological polar surface area (TPSA) is 61.8 Å². The molecule has 0 saturated carbocycles. The second-order valence-corrected chi connectivity index (χ2v) is 6.29. The maximum Gasteiger partial charge on any atom is 0.317 e. The van der Waals surface area contributed by atoms with Gasteiger partial charge in [0, 0.05) is 26.2 Å². The number of piperidine rings is 1. The van der Waals surface area contributed by atoms with E-state index in [2.05, 4.69) is 17.4 Å². The number of ether oxygens (including phenoxy) is 1. The molecule has 5 heteroatoms. The van der Waals surface area contributed by atoms with Crippen LogP contribution < -0.4 is 5.32 Å². The summed E-state index contributed by atoms with van der Waals surface area (Å²) in [5, 5.41) is 12.7. The van der Waals surface area contributed by atoms with E-state index in [9.17, 15) is 9.90 Å². The Balaban J connectivity index is 1.59. The number of hydrogen-bond donors (Lipinski definition) is 2. The van der Waals surface area contributed by atoms with Gasteiger partial charge in [-0.25, -0.2) is 4.79 Å². The molecule has 3 unspecified atom stereocenters. The fourth-order valence-electron chi connectivity index (χ4n) is 2.69. The molecule has 0 aromatic heterocycles. The molecule has 2 N–H and O–H groups in total. The normalized spacial score (nSPS) is 22.7. The summed E-state index contributed by atoms with van der Waals surface area (Å²) in [5.74, 6) is 0.270. The molecule has 0 aliphatic carbocycles. The lowest BCUT2D eigenvalue weighted by molar-refractivity contribution is 0.0428. The zero-order chi connectivity index (χ0) is 16.7. The monoisotopic (exact) mass is 320 g/mol. The van der Waals surface area contributed by atoms with E-state index in [1.807, 2.05) is 32.0 Å². The number of nitrogens with zero attached hydrogens (tertiary/aromatic N) is 1. The molecule has 1 aromatic rings. The number of carbonyl (C=O) groups excluding carboxylic acids is 1. The summed E-state index contributed by atoms with van der Waals surface area (Å²) in [7, 11) is 0. The molecule has 1 aliphatic rings. The Morgan fingerprint density at radius 1 is 1.43 bits per heavy atom. The number of hydrogen-bond acceptors (Lipinski definition) is 3. The number of aliphatic hydroxyl groups excluding tert-OH is 1. The molecule has 0 spiro atoms. The van der Waals surface area contributed by atoms with Crippen molar-refractivity contribution in [3.05, 3.63) is 35.9 Å². The Morgan fingerprint density at radius 3 is 2.87 bits per heavy atom. The molecule has 1 fully saturated rings. The Bertz CT molecular complexity index is 480. The predicted molar refractivity (Wildman–Crippen MR) is 90.2 cm³/mol. The minimum Gasteiger partial charge on any atom is -0.391 e. The van der Waals surface area contributed by atoms with Crippen molar-refractivity contribution in [2.24, 2.45) is 5.92 Å². The molecule has 1 aromatic carbocycles. The summed E-state index contributed by atoms with van der Waals surface area (Å²) < 4.78 is 5.78. The van der Waals surface area contributed by atoms with Gasteiger partial charge in [0.2, 0.25) is 0 Å².